The molecule has 0 aromatic carbocycles. The zero-order chi connectivity index (χ0) is 57.9. The summed E-state index contributed by atoms with van der Waals surface area (Å²) in [4.78, 5) is 37.8. The molecule has 0 aliphatic heterocycles. The summed E-state index contributed by atoms with van der Waals surface area (Å²) in [6.07, 6.45) is 75.3. The van der Waals surface area contributed by atoms with Gasteiger partial charge in [-0.2, -0.15) is 0 Å². The number of ether oxygens (including phenoxy) is 1. The largest absolute Gasteiger partial charge is 0.472 e. The Hall–Kier alpha value is -2.29. The lowest BCUT2D eigenvalue weighted by atomic mass is 10.0. The van der Waals surface area contributed by atoms with Crippen molar-refractivity contribution in [2.45, 2.75) is 328 Å². The molecule has 3 atom stereocenters. The van der Waals surface area contributed by atoms with Crippen molar-refractivity contribution < 1.29 is 37.3 Å². The summed E-state index contributed by atoms with van der Waals surface area (Å²) < 4.78 is 30.7. The quantitative estimate of drug-likeness (QED) is 0.0205. The molecule has 10 heteroatoms. The Labute approximate surface area is 490 Å². The third-order valence-electron chi connectivity index (χ3n) is 15.0. The Kier molecular flexibility index (Phi) is 57.2. The highest BCUT2D eigenvalue weighted by molar-refractivity contribution is 7.47. The van der Waals surface area contributed by atoms with Gasteiger partial charge in [0.25, 0.3) is 0 Å². The lowest BCUT2D eigenvalue weighted by molar-refractivity contribution is -0.870. The van der Waals surface area contributed by atoms with Crippen LogP contribution in [-0.4, -0.2) is 74.3 Å². The summed E-state index contributed by atoms with van der Waals surface area (Å²) in [6, 6.07) is -0.876. The highest BCUT2D eigenvalue weighted by atomic mass is 31.2. The zero-order valence-electron chi connectivity index (χ0n) is 52.9. The number of nitrogens with zero attached hydrogens (tertiary/aromatic N) is 1. The van der Waals surface area contributed by atoms with Gasteiger partial charge in [-0.3, -0.25) is 18.6 Å². The van der Waals surface area contributed by atoms with Gasteiger partial charge in [0, 0.05) is 12.8 Å². The van der Waals surface area contributed by atoms with E-state index in [0.29, 0.717) is 17.4 Å². The average Bonchev–Trinajstić information content (AvgIpc) is 3.41. The molecule has 0 aliphatic carbocycles. The molecule has 0 radical (unpaired) electrons. The molecular weight excluding hydrogens is 1000 g/mol. The lowest BCUT2D eigenvalue weighted by Crippen LogP contribution is -2.47. The Morgan fingerprint density at radius 2 is 0.785 bits per heavy atom. The van der Waals surface area contributed by atoms with Crippen molar-refractivity contribution in [1.82, 2.24) is 5.32 Å². The molecular formula is C69H130N2O7P+. The first-order valence-electron chi connectivity index (χ1n) is 33.6. The van der Waals surface area contributed by atoms with Gasteiger partial charge in [-0.25, -0.2) is 4.57 Å². The van der Waals surface area contributed by atoms with E-state index < -0.39 is 20.0 Å². The molecule has 462 valence electrons. The van der Waals surface area contributed by atoms with Gasteiger partial charge in [-0.1, -0.05) is 294 Å². The molecule has 9 nitrogen and oxygen atoms in total. The highest BCUT2D eigenvalue weighted by Gasteiger charge is 2.30. The molecule has 0 saturated heterocycles. The Morgan fingerprint density at radius 3 is 1.20 bits per heavy atom. The van der Waals surface area contributed by atoms with Crippen LogP contribution in [0.2, 0.25) is 0 Å². The van der Waals surface area contributed by atoms with Crippen LogP contribution in [0.3, 0.4) is 0 Å². The van der Waals surface area contributed by atoms with Crippen LogP contribution in [0.5, 0.6) is 0 Å². The third-order valence-corrected chi connectivity index (χ3v) is 15.9. The molecule has 0 saturated carbocycles. The molecule has 0 spiro atoms. The van der Waals surface area contributed by atoms with Gasteiger partial charge in [0.1, 0.15) is 19.3 Å². The van der Waals surface area contributed by atoms with Crippen LogP contribution in [0.15, 0.2) is 60.8 Å². The van der Waals surface area contributed by atoms with E-state index in [1.807, 2.05) is 33.3 Å². The number of unbranched alkanes of at least 4 members (excludes halogenated alkanes) is 37. The number of rotatable bonds is 61. The average molecular weight is 1130 g/mol. The van der Waals surface area contributed by atoms with Gasteiger partial charge >= 0.3 is 13.8 Å². The number of carbonyl (C=O) groups is 2. The fraction of sp³-hybridized carbons (Fsp3) is 0.826. The molecule has 1 amide bonds. The zero-order valence-corrected chi connectivity index (χ0v) is 53.8. The first kappa shape index (κ1) is 76.7. The number of hydrogen-bond acceptors (Lipinski definition) is 6. The van der Waals surface area contributed by atoms with Gasteiger partial charge < -0.3 is 19.4 Å². The predicted octanol–water partition coefficient (Wildman–Crippen LogP) is 21.0. The number of allylic oxidation sites excluding steroid dienone is 9. The topological polar surface area (TPSA) is 111 Å². The normalized spacial score (nSPS) is 14.0. The number of carbonyl (C=O) groups excluding carboxylic acids is 2. The van der Waals surface area contributed by atoms with Crippen LogP contribution in [0.1, 0.15) is 316 Å². The molecule has 0 bridgehead atoms. The summed E-state index contributed by atoms with van der Waals surface area (Å²) in [5.41, 5.74) is 0. The molecule has 79 heavy (non-hydrogen) atoms. The first-order chi connectivity index (χ1) is 38.4. The van der Waals surface area contributed by atoms with Crippen LogP contribution in [0.25, 0.3) is 0 Å². The molecule has 0 heterocycles. The van der Waals surface area contributed by atoms with Crippen LogP contribution in [0.4, 0.5) is 0 Å². The Morgan fingerprint density at radius 1 is 0.443 bits per heavy atom. The number of likely N-dealkylation sites (N-methyl/N-ethyl adjacent to an activating group) is 1. The number of hydrogen-bond donors (Lipinski definition) is 2. The van der Waals surface area contributed by atoms with Crippen molar-refractivity contribution in [2.75, 3.05) is 40.9 Å². The van der Waals surface area contributed by atoms with Crippen LogP contribution in [-0.2, 0) is 27.9 Å². The Bertz CT molecular complexity index is 1540. The van der Waals surface area contributed by atoms with Crippen LogP contribution >= 0.6 is 7.82 Å². The van der Waals surface area contributed by atoms with E-state index in [-0.39, 0.29) is 37.9 Å². The minimum absolute atomic E-state index is 0.0304. The monoisotopic (exact) mass is 1130 g/mol. The summed E-state index contributed by atoms with van der Waals surface area (Å²) in [6.45, 7) is 6.98. The molecule has 0 rings (SSSR count). The van der Waals surface area contributed by atoms with Gasteiger partial charge in [0.05, 0.1) is 33.8 Å². The number of esters is 1. The van der Waals surface area contributed by atoms with E-state index in [4.69, 9.17) is 13.8 Å². The number of phosphoric acid groups is 1. The number of nitrogens with one attached hydrogen (secondary N) is 1. The highest BCUT2D eigenvalue weighted by Crippen LogP contribution is 2.43. The van der Waals surface area contributed by atoms with Crippen LogP contribution < -0.4 is 5.32 Å². The lowest BCUT2D eigenvalue weighted by Gasteiger charge is -2.27. The maximum atomic E-state index is 13.5. The summed E-state index contributed by atoms with van der Waals surface area (Å²) in [5, 5.41) is 3.03. The number of quaternary nitrogens is 1. The number of amides is 1. The minimum atomic E-state index is -4.47. The molecule has 0 fully saturated rings. The molecule has 2 N–H and O–H groups in total. The van der Waals surface area contributed by atoms with Crippen molar-refractivity contribution in [3.05, 3.63) is 60.8 Å². The molecule has 3 unspecified atom stereocenters. The smallest absolute Gasteiger partial charge is 0.456 e. The number of phosphoric ester groups is 1. The van der Waals surface area contributed by atoms with Crippen molar-refractivity contribution >= 4 is 19.7 Å². The second kappa shape index (κ2) is 58.9. The second-order valence-corrected chi connectivity index (χ2v) is 25.5. The van der Waals surface area contributed by atoms with E-state index >= 15 is 0 Å². The van der Waals surface area contributed by atoms with E-state index in [0.717, 1.165) is 64.2 Å². The van der Waals surface area contributed by atoms with E-state index in [1.165, 1.54) is 212 Å². The second-order valence-electron chi connectivity index (χ2n) is 24.0. The van der Waals surface area contributed by atoms with E-state index in [9.17, 15) is 19.0 Å². The first-order valence-corrected chi connectivity index (χ1v) is 35.1. The van der Waals surface area contributed by atoms with Crippen molar-refractivity contribution in [3.63, 3.8) is 0 Å². The maximum absolute atomic E-state index is 13.5. The summed E-state index contributed by atoms with van der Waals surface area (Å²) in [7, 11) is 1.47. The van der Waals surface area contributed by atoms with Crippen molar-refractivity contribution in [2.24, 2.45) is 0 Å². The van der Waals surface area contributed by atoms with Gasteiger partial charge in [0.15, 0.2) is 0 Å². The van der Waals surface area contributed by atoms with Crippen LogP contribution in [0, 0.1) is 0 Å². The molecule has 0 aromatic heterocycles. The SMILES string of the molecule is CCCCC/C=C\C/C=C\C/C=C\C/C=C\CCCC(=O)NC(COP(=O)(O)OCC[N+](C)(C)C)C(/C=C\CCCCCCCCCCCCC)OC(=O)CCCCCCCCCCCCCCCCCCCCCCCCC. The summed E-state index contributed by atoms with van der Waals surface area (Å²) >= 11 is 0. The van der Waals surface area contributed by atoms with Gasteiger partial charge in [0.2, 0.25) is 5.91 Å². The molecule has 0 aromatic rings. The molecule has 0 aliphatic rings. The van der Waals surface area contributed by atoms with Gasteiger partial charge in [-0.15, -0.1) is 0 Å². The standard InChI is InChI=1S/C69H129N2O7P/c1-7-10-13-16-19-22-25-28-30-32-33-34-35-36-37-39-41-44-47-50-53-56-59-62-69(73)78-67(60-57-54-51-48-45-42-27-24-21-18-15-12-9-3)66(65-77-79(74,75)76-64-63-71(4,5)6)70-68(72)61-58-55-52-49-46-43-40-38-31-29-26-23-20-17-14-11-8-2/h20,23,29,31,40,43,49,52,57,60,66-67H,7-19,21-22,24-28,30,32-39,41-42,44-48,50-51,53-56,58-59,61-65H2,1-6H3,(H-,70,72,74,75)/p+1/b23-20-,31-29-,43-40-,52-49-,60-57-. The van der Waals surface area contributed by atoms with Gasteiger partial charge in [-0.05, 0) is 70.3 Å². The minimum Gasteiger partial charge on any atom is -0.456 e. The Balaban J connectivity index is 5.21. The van der Waals surface area contributed by atoms with Crippen molar-refractivity contribution in [3.8, 4) is 0 Å². The third kappa shape index (κ3) is 60.1. The van der Waals surface area contributed by atoms with Crippen molar-refractivity contribution in [1.29, 1.82) is 0 Å². The van der Waals surface area contributed by atoms with E-state index in [1.54, 1.807) is 0 Å². The fourth-order valence-corrected chi connectivity index (χ4v) is 10.5. The summed E-state index contributed by atoms with van der Waals surface area (Å²) in [5.74, 6) is -0.558. The fourth-order valence-electron chi connectivity index (χ4n) is 9.76. The predicted molar refractivity (Wildman–Crippen MR) is 342 cm³/mol. The van der Waals surface area contributed by atoms with E-state index in [2.05, 4.69) is 74.7 Å². The maximum Gasteiger partial charge on any atom is 0.472 e.